The zero-order valence-electron chi connectivity index (χ0n) is 14.7. The van der Waals surface area contributed by atoms with Crippen LogP contribution in [0.1, 0.15) is 17.0 Å². The molecule has 2 heterocycles. The first-order valence-electron chi connectivity index (χ1n) is 8.68. The van der Waals surface area contributed by atoms with Crippen LogP contribution in [0.15, 0.2) is 68.7 Å². The fourth-order valence-electron chi connectivity index (χ4n) is 3.35. The highest BCUT2D eigenvalue weighted by molar-refractivity contribution is 7.92. The van der Waals surface area contributed by atoms with Crippen LogP contribution >= 0.6 is 11.6 Å². The molecular weight excluding hydrogens is 402 g/mol. The third kappa shape index (κ3) is 3.31. The number of hydrogen-bond acceptors (Lipinski definition) is 5. The predicted octanol–water partition coefficient (Wildman–Crippen LogP) is 3.13. The van der Waals surface area contributed by atoms with Crippen molar-refractivity contribution in [3.8, 4) is 0 Å². The Balaban J connectivity index is 1.58. The average molecular weight is 418 g/mol. The Morgan fingerprint density at radius 2 is 1.82 bits per heavy atom. The molecule has 0 unspecified atom stereocenters. The minimum absolute atomic E-state index is 0.0420. The fraction of sp³-hybridized carbons (Fsp3) is 0.200. The lowest BCUT2D eigenvalue weighted by Crippen LogP contribution is -2.32. The van der Waals surface area contributed by atoms with Gasteiger partial charge >= 0.3 is 0 Å². The first kappa shape index (κ1) is 18.7. The molecule has 4 rings (SSSR count). The number of sulfone groups is 1. The SMILES string of the molecule is O=C(c1cc(=O)c2ccccc2o1)N1CC[C@H](S(=O)(=O)c2ccc(Cl)cc2)C1. The van der Waals surface area contributed by atoms with Gasteiger partial charge in [-0.3, -0.25) is 9.59 Å². The summed E-state index contributed by atoms with van der Waals surface area (Å²) in [5.74, 6) is -0.579. The van der Waals surface area contributed by atoms with Gasteiger partial charge in [-0.2, -0.15) is 0 Å². The van der Waals surface area contributed by atoms with Gasteiger partial charge in [-0.25, -0.2) is 8.42 Å². The summed E-state index contributed by atoms with van der Waals surface area (Å²) in [5, 5.41) is 0.127. The molecule has 1 saturated heterocycles. The maximum atomic E-state index is 12.8. The average Bonchev–Trinajstić information content (AvgIpc) is 3.19. The van der Waals surface area contributed by atoms with Gasteiger partial charge in [0.05, 0.1) is 15.5 Å². The molecule has 144 valence electrons. The Morgan fingerprint density at radius 1 is 1.11 bits per heavy atom. The maximum Gasteiger partial charge on any atom is 0.289 e. The quantitative estimate of drug-likeness (QED) is 0.653. The number of carbonyl (C=O) groups excluding carboxylic acids is 1. The molecule has 0 spiro atoms. The van der Waals surface area contributed by atoms with Gasteiger partial charge in [-0.1, -0.05) is 23.7 Å². The van der Waals surface area contributed by atoms with Gasteiger partial charge in [0.2, 0.25) is 0 Å². The van der Waals surface area contributed by atoms with E-state index in [2.05, 4.69) is 0 Å². The third-order valence-electron chi connectivity index (χ3n) is 4.86. The number of para-hydroxylation sites is 1. The summed E-state index contributed by atoms with van der Waals surface area (Å²) in [7, 11) is -3.59. The number of hydrogen-bond donors (Lipinski definition) is 0. The molecule has 0 N–H and O–H groups in total. The molecule has 8 heteroatoms. The first-order chi connectivity index (χ1) is 13.4. The lowest BCUT2D eigenvalue weighted by atomic mass is 10.2. The zero-order chi connectivity index (χ0) is 19.9. The van der Waals surface area contributed by atoms with Crippen LogP contribution in [-0.2, 0) is 9.84 Å². The normalized spacial score (nSPS) is 17.2. The zero-order valence-corrected chi connectivity index (χ0v) is 16.2. The molecule has 0 aliphatic carbocycles. The number of rotatable bonds is 3. The van der Waals surface area contributed by atoms with Crippen LogP contribution in [0.2, 0.25) is 5.02 Å². The smallest absolute Gasteiger partial charge is 0.289 e. The summed E-state index contributed by atoms with van der Waals surface area (Å²) in [6.07, 6.45) is 0.314. The number of likely N-dealkylation sites (tertiary alicyclic amines) is 1. The number of carbonyl (C=O) groups is 1. The lowest BCUT2D eigenvalue weighted by Gasteiger charge is -2.16. The number of nitrogens with zero attached hydrogens (tertiary/aromatic N) is 1. The third-order valence-corrected chi connectivity index (χ3v) is 7.30. The van der Waals surface area contributed by atoms with Crippen LogP contribution < -0.4 is 5.43 Å². The van der Waals surface area contributed by atoms with Crippen molar-refractivity contribution >= 4 is 38.3 Å². The van der Waals surface area contributed by atoms with Gasteiger partial charge in [-0.15, -0.1) is 0 Å². The molecule has 1 amide bonds. The second-order valence-electron chi connectivity index (χ2n) is 6.63. The molecule has 3 aromatic rings. The number of fused-ring (bicyclic) bond motifs is 1. The molecule has 28 heavy (non-hydrogen) atoms. The molecule has 0 bridgehead atoms. The molecule has 1 aliphatic heterocycles. The summed E-state index contributed by atoms with van der Waals surface area (Å²) in [4.78, 5) is 26.6. The van der Waals surface area contributed by atoms with Crippen molar-refractivity contribution in [1.82, 2.24) is 4.90 Å². The molecule has 1 atom stereocenters. The van der Waals surface area contributed by atoms with Gasteiger partial charge < -0.3 is 9.32 Å². The highest BCUT2D eigenvalue weighted by Gasteiger charge is 2.37. The van der Waals surface area contributed by atoms with E-state index in [1.54, 1.807) is 24.3 Å². The van der Waals surface area contributed by atoms with E-state index in [1.165, 1.54) is 29.2 Å². The van der Waals surface area contributed by atoms with Gasteiger partial charge in [0.1, 0.15) is 5.58 Å². The van der Waals surface area contributed by atoms with Gasteiger partial charge in [0.25, 0.3) is 5.91 Å². The van der Waals surface area contributed by atoms with Crippen molar-refractivity contribution in [3.05, 3.63) is 75.6 Å². The maximum absolute atomic E-state index is 12.8. The van der Waals surface area contributed by atoms with Gasteiger partial charge in [0.15, 0.2) is 21.0 Å². The highest BCUT2D eigenvalue weighted by atomic mass is 35.5. The van der Waals surface area contributed by atoms with E-state index in [0.29, 0.717) is 22.4 Å². The molecule has 1 fully saturated rings. The second kappa shape index (κ2) is 7.07. The van der Waals surface area contributed by atoms with Crippen LogP contribution in [-0.4, -0.2) is 37.6 Å². The first-order valence-corrected chi connectivity index (χ1v) is 10.6. The van der Waals surface area contributed by atoms with Crippen molar-refractivity contribution in [2.45, 2.75) is 16.6 Å². The number of benzene rings is 2. The predicted molar refractivity (Wildman–Crippen MR) is 105 cm³/mol. The van der Waals surface area contributed by atoms with Crippen molar-refractivity contribution in [2.75, 3.05) is 13.1 Å². The van der Waals surface area contributed by atoms with Crippen molar-refractivity contribution in [3.63, 3.8) is 0 Å². The number of halogens is 1. The molecule has 1 aromatic heterocycles. The van der Waals surface area contributed by atoms with E-state index in [9.17, 15) is 18.0 Å². The summed E-state index contributed by atoms with van der Waals surface area (Å²) in [6, 6.07) is 13.8. The molecule has 6 nitrogen and oxygen atoms in total. The Labute approximate surface area is 166 Å². The highest BCUT2D eigenvalue weighted by Crippen LogP contribution is 2.26. The Morgan fingerprint density at radius 3 is 2.57 bits per heavy atom. The minimum atomic E-state index is -3.59. The standard InChI is InChI=1S/C20H16ClNO5S/c21-13-5-7-14(8-6-13)28(25,26)15-9-10-22(12-15)20(24)19-11-17(23)16-3-1-2-4-18(16)27-19/h1-8,11,15H,9-10,12H2/t15-/m0/s1. The Kier molecular flexibility index (Phi) is 4.72. The van der Waals surface area contributed by atoms with E-state index in [0.717, 1.165) is 6.07 Å². The van der Waals surface area contributed by atoms with Crippen LogP contribution in [0.25, 0.3) is 11.0 Å². The summed E-state index contributed by atoms with van der Waals surface area (Å²) in [5.41, 5.74) is 0.0117. The molecule has 2 aromatic carbocycles. The summed E-state index contributed by atoms with van der Waals surface area (Å²) in [6.45, 7) is 0.313. The molecular formula is C20H16ClNO5S. The molecule has 0 saturated carbocycles. The van der Waals surface area contributed by atoms with Crippen LogP contribution in [0.3, 0.4) is 0 Å². The van der Waals surface area contributed by atoms with Crippen molar-refractivity contribution in [2.24, 2.45) is 0 Å². The van der Waals surface area contributed by atoms with Crippen LogP contribution in [0.4, 0.5) is 0 Å². The van der Waals surface area contributed by atoms with E-state index < -0.39 is 21.0 Å². The summed E-state index contributed by atoms with van der Waals surface area (Å²) >= 11 is 5.82. The Hall–Kier alpha value is -2.64. The lowest BCUT2D eigenvalue weighted by molar-refractivity contribution is 0.0762. The molecule has 1 aliphatic rings. The van der Waals surface area contributed by atoms with E-state index in [-0.39, 0.29) is 29.2 Å². The van der Waals surface area contributed by atoms with Gasteiger partial charge in [0, 0.05) is 24.2 Å². The second-order valence-corrected chi connectivity index (χ2v) is 9.30. The topological polar surface area (TPSA) is 84.7 Å². The van der Waals surface area contributed by atoms with Crippen molar-refractivity contribution < 1.29 is 17.6 Å². The summed E-state index contributed by atoms with van der Waals surface area (Å²) < 4.78 is 31.2. The Bertz CT molecular complexity index is 1220. The minimum Gasteiger partial charge on any atom is -0.451 e. The van der Waals surface area contributed by atoms with E-state index in [4.69, 9.17) is 16.0 Å². The largest absolute Gasteiger partial charge is 0.451 e. The fourth-order valence-corrected chi connectivity index (χ4v) is 5.17. The number of amides is 1. The van der Waals surface area contributed by atoms with Crippen molar-refractivity contribution in [1.29, 1.82) is 0 Å². The molecule has 0 radical (unpaired) electrons. The van der Waals surface area contributed by atoms with E-state index in [1.807, 2.05) is 0 Å². The van der Waals surface area contributed by atoms with Crippen LogP contribution in [0.5, 0.6) is 0 Å². The van der Waals surface area contributed by atoms with E-state index >= 15 is 0 Å². The van der Waals surface area contributed by atoms with Crippen LogP contribution in [0, 0.1) is 0 Å². The van der Waals surface area contributed by atoms with Gasteiger partial charge in [-0.05, 0) is 42.8 Å². The monoisotopic (exact) mass is 417 g/mol.